The molecule has 0 unspecified atom stereocenters. The Labute approximate surface area is 157 Å². The van der Waals surface area contributed by atoms with Crippen LogP contribution >= 0.6 is 0 Å². The zero-order valence-corrected chi connectivity index (χ0v) is 15.3. The van der Waals surface area contributed by atoms with Crippen LogP contribution in [-0.2, 0) is 0 Å². The molecule has 138 valence electrons. The number of rotatable bonds is 6. The highest BCUT2D eigenvalue weighted by atomic mass is 16.5. The summed E-state index contributed by atoms with van der Waals surface area (Å²) in [4.78, 5) is 20.7. The molecule has 1 amide bonds. The summed E-state index contributed by atoms with van der Waals surface area (Å²) in [5, 5.41) is 5.95. The molecule has 0 spiro atoms. The highest BCUT2D eigenvalue weighted by Gasteiger charge is 2.11. The molecule has 2 aromatic carbocycles. The van der Waals surface area contributed by atoms with Gasteiger partial charge in [0.25, 0.3) is 5.91 Å². The summed E-state index contributed by atoms with van der Waals surface area (Å²) >= 11 is 0. The number of ether oxygens (including phenoxy) is 2. The van der Waals surface area contributed by atoms with Crippen LogP contribution in [-0.4, -0.2) is 30.1 Å². The Hall–Kier alpha value is -3.61. The van der Waals surface area contributed by atoms with Gasteiger partial charge in [0.15, 0.2) is 0 Å². The van der Waals surface area contributed by atoms with Crippen LogP contribution in [0.15, 0.2) is 54.9 Å². The van der Waals surface area contributed by atoms with Crippen LogP contribution in [0.1, 0.15) is 16.1 Å². The largest absolute Gasteiger partial charge is 0.497 e. The summed E-state index contributed by atoms with van der Waals surface area (Å²) in [6.45, 7) is 1.99. The number of amides is 1. The summed E-state index contributed by atoms with van der Waals surface area (Å²) in [6, 6.07) is 14.5. The van der Waals surface area contributed by atoms with Crippen LogP contribution in [0.3, 0.4) is 0 Å². The number of benzene rings is 2. The molecule has 0 atom stereocenters. The molecule has 1 heterocycles. The van der Waals surface area contributed by atoms with Gasteiger partial charge in [0.05, 0.1) is 19.9 Å². The first kappa shape index (κ1) is 18.2. The van der Waals surface area contributed by atoms with E-state index in [0.29, 0.717) is 28.7 Å². The average molecular weight is 364 g/mol. The first-order chi connectivity index (χ1) is 13.1. The molecule has 0 bridgehead atoms. The maximum Gasteiger partial charge on any atom is 0.274 e. The van der Waals surface area contributed by atoms with E-state index < -0.39 is 0 Å². The van der Waals surface area contributed by atoms with E-state index in [1.165, 1.54) is 6.33 Å². The summed E-state index contributed by atoms with van der Waals surface area (Å²) in [5.74, 6) is 1.44. The van der Waals surface area contributed by atoms with Crippen LogP contribution in [0.2, 0.25) is 0 Å². The third-order valence-corrected chi connectivity index (χ3v) is 3.88. The molecule has 0 aliphatic rings. The molecule has 3 aromatic rings. The Morgan fingerprint density at radius 2 is 1.74 bits per heavy atom. The van der Waals surface area contributed by atoms with Gasteiger partial charge in [0, 0.05) is 17.8 Å². The number of nitrogens with one attached hydrogen (secondary N) is 2. The Morgan fingerprint density at radius 3 is 2.44 bits per heavy atom. The number of carbonyl (C=O) groups is 1. The molecule has 1 aromatic heterocycles. The van der Waals surface area contributed by atoms with Gasteiger partial charge in [-0.2, -0.15) is 0 Å². The third-order valence-electron chi connectivity index (χ3n) is 3.88. The lowest BCUT2D eigenvalue weighted by Crippen LogP contribution is -2.14. The number of nitrogens with zero attached hydrogens (tertiary/aromatic N) is 2. The van der Waals surface area contributed by atoms with Crippen molar-refractivity contribution in [2.75, 3.05) is 24.9 Å². The topological polar surface area (TPSA) is 85.4 Å². The number of hydrogen-bond acceptors (Lipinski definition) is 6. The quantitative estimate of drug-likeness (QED) is 0.692. The van der Waals surface area contributed by atoms with Crippen molar-refractivity contribution >= 4 is 23.1 Å². The predicted octanol–water partition coefficient (Wildman–Crippen LogP) is 3.80. The van der Waals surface area contributed by atoms with E-state index in [0.717, 1.165) is 5.56 Å². The maximum absolute atomic E-state index is 12.4. The van der Waals surface area contributed by atoms with Crippen molar-refractivity contribution in [1.29, 1.82) is 0 Å². The lowest BCUT2D eigenvalue weighted by molar-refractivity contribution is 0.102. The summed E-state index contributed by atoms with van der Waals surface area (Å²) in [6.07, 6.45) is 1.34. The van der Waals surface area contributed by atoms with E-state index in [1.807, 2.05) is 37.3 Å². The fraction of sp³-hybridized carbons (Fsp3) is 0.150. The normalized spacial score (nSPS) is 10.2. The van der Waals surface area contributed by atoms with Gasteiger partial charge in [-0.1, -0.05) is 17.7 Å². The molecule has 3 rings (SSSR count). The number of hydrogen-bond donors (Lipinski definition) is 2. The molecule has 0 aliphatic heterocycles. The first-order valence-electron chi connectivity index (χ1n) is 8.28. The van der Waals surface area contributed by atoms with Gasteiger partial charge in [0.2, 0.25) is 0 Å². The van der Waals surface area contributed by atoms with Gasteiger partial charge in [-0.15, -0.1) is 0 Å². The molecule has 0 aliphatic carbocycles. The van der Waals surface area contributed by atoms with Gasteiger partial charge >= 0.3 is 0 Å². The lowest BCUT2D eigenvalue weighted by atomic mass is 10.2. The van der Waals surface area contributed by atoms with Crippen LogP contribution in [0.25, 0.3) is 0 Å². The van der Waals surface area contributed by atoms with Gasteiger partial charge in [0.1, 0.15) is 29.3 Å². The second-order valence-corrected chi connectivity index (χ2v) is 5.80. The van der Waals surface area contributed by atoms with Crippen molar-refractivity contribution in [2.24, 2.45) is 0 Å². The number of anilines is 3. The number of carbonyl (C=O) groups excluding carboxylic acids is 1. The number of aryl methyl sites for hydroxylation is 1. The molecule has 27 heavy (non-hydrogen) atoms. The minimum Gasteiger partial charge on any atom is -0.497 e. The molecule has 0 radical (unpaired) electrons. The summed E-state index contributed by atoms with van der Waals surface area (Å²) < 4.78 is 10.6. The molecular formula is C20H20N4O3. The van der Waals surface area contributed by atoms with Gasteiger partial charge in [-0.05, 0) is 31.2 Å². The van der Waals surface area contributed by atoms with Crippen LogP contribution in [0, 0.1) is 6.92 Å². The van der Waals surface area contributed by atoms with E-state index in [9.17, 15) is 4.79 Å². The van der Waals surface area contributed by atoms with Crippen molar-refractivity contribution < 1.29 is 14.3 Å². The van der Waals surface area contributed by atoms with Crippen LogP contribution < -0.4 is 20.1 Å². The van der Waals surface area contributed by atoms with Crippen molar-refractivity contribution in [3.63, 3.8) is 0 Å². The smallest absolute Gasteiger partial charge is 0.274 e. The second-order valence-electron chi connectivity index (χ2n) is 5.80. The summed E-state index contributed by atoms with van der Waals surface area (Å²) in [7, 11) is 3.16. The predicted molar refractivity (Wildman–Crippen MR) is 104 cm³/mol. The van der Waals surface area contributed by atoms with E-state index in [-0.39, 0.29) is 11.6 Å². The standard InChI is InChI=1S/C20H20N4O3/c1-13-4-6-14(7-5-13)23-20(25)17-11-19(22-12-21-17)24-16-9-8-15(26-2)10-18(16)27-3/h4-12H,1-3H3,(H,23,25)(H,21,22,24). The van der Waals surface area contributed by atoms with Crippen molar-refractivity contribution in [3.8, 4) is 11.5 Å². The zero-order valence-electron chi connectivity index (χ0n) is 15.3. The molecule has 2 N–H and O–H groups in total. The average Bonchev–Trinajstić information content (AvgIpc) is 2.70. The van der Waals surface area contributed by atoms with Gasteiger partial charge in [-0.3, -0.25) is 4.79 Å². The van der Waals surface area contributed by atoms with E-state index in [2.05, 4.69) is 20.6 Å². The lowest BCUT2D eigenvalue weighted by Gasteiger charge is -2.12. The molecule has 0 fully saturated rings. The molecule has 0 saturated carbocycles. The van der Waals surface area contributed by atoms with Gasteiger partial charge in [-0.25, -0.2) is 9.97 Å². The van der Waals surface area contributed by atoms with E-state index in [1.54, 1.807) is 32.4 Å². The van der Waals surface area contributed by atoms with E-state index in [4.69, 9.17) is 9.47 Å². The highest BCUT2D eigenvalue weighted by molar-refractivity contribution is 6.03. The fourth-order valence-corrected chi connectivity index (χ4v) is 2.42. The minimum absolute atomic E-state index is 0.251. The Morgan fingerprint density at radius 1 is 0.963 bits per heavy atom. The van der Waals surface area contributed by atoms with Crippen LogP contribution in [0.5, 0.6) is 11.5 Å². The van der Waals surface area contributed by atoms with Crippen molar-refractivity contribution in [3.05, 3.63) is 66.1 Å². The molecular weight excluding hydrogens is 344 g/mol. The van der Waals surface area contributed by atoms with Gasteiger partial charge < -0.3 is 20.1 Å². The van der Waals surface area contributed by atoms with Crippen LogP contribution in [0.4, 0.5) is 17.2 Å². The monoisotopic (exact) mass is 364 g/mol. The maximum atomic E-state index is 12.4. The molecule has 7 heteroatoms. The zero-order chi connectivity index (χ0) is 19.2. The van der Waals surface area contributed by atoms with E-state index >= 15 is 0 Å². The Bertz CT molecular complexity index is 942. The molecule has 7 nitrogen and oxygen atoms in total. The minimum atomic E-state index is -0.314. The van der Waals surface area contributed by atoms with Crippen molar-refractivity contribution in [1.82, 2.24) is 9.97 Å². The van der Waals surface area contributed by atoms with Crippen molar-refractivity contribution in [2.45, 2.75) is 6.92 Å². The SMILES string of the molecule is COc1ccc(Nc2cc(C(=O)Nc3ccc(C)cc3)ncn2)c(OC)c1. The second kappa shape index (κ2) is 8.18. The third kappa shape index (κ3) is 4.52. The summed E-state index contributed by atoms with van der Waals surface area (Å²) in [5.41, 5.74) is 2.77. The molecule has 0 saturated heterocycles. The Kier molecular flexibility index (Phi) is 5.51. The number of methoxy groups -OCH3 is 2. The fourth-order valence-electron chi connectivity index (χ4n) is 2.42. The Balaban J connectivity index is 1.77. The first-order valence-corrected chi connectivity index (χ1v) is 8.28. The highest BCUT2D eigenvalue weighted by Crippen LogP contribution is 2.31. The number of aromatic nitrogens is 2.